The van der Waals surface area contributed by atoms with Crippen LogP contribution >= 0.6 is 22.6 Å². The highest BCUT2D eigenvalue weighted by molar-refractivity contribution is 14.1. The van der Waals surface area contributed by atoms with E-state index in [0.717, 1.165) is 0 Å². The van der Waals surface area contributed by atoms with Crippen LogP contribution in [-0.4, -0.2) is 5.11 Å². The summed E-state index contributed by atoms with van der Waals surface area (Å²) in [6.07, 6.45) is 0. The highest BCUT2D eigenvalue weighted by Gasteiger charge is 2.15. The Balaban J connectivity index is 3.97. The Morgan fingerprint density at radius 1 is 1.00 bits per heavy atom. The van der Waals surface area contributed by atoms with Crippen molar-refractivity contribution in [2.24, 2.45) is 0 Å². The third-order valence-corrected chi connectivity index (χ3v) is 2.04. The van der Waals surface area contributed by atoms with Gasteiger partial charge in [-0.25, -0.2) is 0 Å². The molecule has 4 nitrogen and oxygen atoms in total. The van der Waals surface area contributed by atoms with Gasteiger partial charge in [0.1, 0.15) is 3.57 Å². The number of hydrogen-bond acceptors (Lipinski definition) is 4. The minimum absolute atomic E-state index is 0.187. The maximum Gasteiger partial charge on any atom is 0.277 e. The fraction of sp³-hybridized carbons (Fsp3) is 0. The maximum atomic E-state index is 10.5. The van der Waals surface area contributed by atoms with Crippen LogP contribution in [0.1, 0.15) is 0 Å². The lowest BCUT2D eigenvalue weighted by Crippen LogP contribution is -2.29. The minimum Gasteiger partial charge on any atom is -0.503 e. The van der Waals surface area contributed by atoms with Gasteiger partial charge in [-0.2, -0.15) is 0 Å². The molecule has 52 valence electrons. The summed E-state index contributed by atoms with van der Waals surface area (Å²) in [4.78, 5) is 31.4. The molecule has 0 aliphatic heterocycles. The third-order valence-electron chi connectivity index (χ3n) is 1.03. The van der Waals surface area contributed by atoms with E-state index in [4.69, 9.17) is 5.11 Å². The monoisotopic (exact) mass is 252 g/mol. The van der Waals surface area contributed by atoms with E-state index in [1.54, 1.807) is 0 Å². The zero-order valence-electron chi connectivity index (χ0n) is 4.55. The molecule has 0 saturated heterocycles. The third kappa shape index (κ3) is 0.772. The molecule has 0 saturated carbocycles. The Labute approximate surface area is 68.0 Å². The molecule has 0 amide bonds. The molecule has 0 atom stereocenters. The number of hydrogen-bond donors (Lipinski definition) is 1. The van der Waals surface area contributed by atoms with Crippen molar-refractivity contribution in [1.82, 2.24) is 0 Å². The van der Waals surface area contributed by atoms with E-state index in [9.17, 15) is 14.4 Å². The van der Waals surface area contributed by atoms with Crippen LogP contribution in [0, 0.1) is 3.57 Å². The molecular formula is C5HIO4. The van der Waals surface area contributed by atoms with E-state index in [2.05, 4.69) is 0 Å². The second kappa shape index (κ2) is 2.15. The van der Waals surface area contributed by atoms with Crippen molar-refractivity contribution in [3.05, 3.63) is 34.2 Å². The Bertz CT molecular complexity index is 362. The molecular weight excluding hydrogens is 251 g/mol. The van der Waals surface area contributed by atoms with Crippen LogP contribution in [0.5, 0.6) is 5.75 Å². The molecule has 5 heteroatoms. The maximum absolute atomic E-state index is 10.5. The number of aromatic hydroxyl groups is 1. The smallest absolute Gasteiger partial charge is 0.277 e. The number of halogens is 1. The van der Waals surface area contributed by atoms with Crippen LogP contribution in [0.25, 0.3) is 0 Å². The Morgan fingerprint density at radius 2 is 1.50 bits per heavy atom. The second-order valence-corrected chi connectivity index (χ2v) is 2.73. The van der Waals surface area contributed by atoms with Gasteiger partial charge in [-0.05, 0) is 22.6 Å². The van der Waals surface area contributed by atoms with Crippen LogP contribution in [0.2, 0.25) is 0 Å². The molecule has 10 heavy (non-hydrogen) atoms. The van der Waals surface area contributed by atoms with E-state index in [-0.39, 0.29) is 3.57 Å². The van der Waals surface area contributed by atoms with Gasteiger partial charge in [0, 0.05) is 0 Å². The predicted molar refractivity (Wildman–Crippen MR) is 42.0 cm³/mol. The molecule has 0 heterocycles. The van der Waals surface area contributed by atoms with Gasteiger partial charge in [-0.15, -0.1) is 0 Å². The van der Waals surface area contributed by atoms with Gasteiger partial charge in [-0.1, -0.05) is 0 Å². The summed E-state index contributed by atoms with van der Waals surface area (Å²) < 4.78 is -0.187. The highest BCUT2D eigenvalue weighted by Crippen LogP contribution is 2.06. The number of rotatable bonds is 0. The summed E-state index contributed by atoms with van der Waals surface area (Å²) in [6, 6.07) is 0. The molecule has 0 aliphatic rings. The van der Waals surface area contributed by atoms with Gasteiger partial charge in [0.15, 0.2) is 5.75 Å². The quantitative estimate of drug-likeness (QED) is 0.472. The molecule has 0 aromatic heterocycles. The molecule has 0 bridgehead atoms. The van der Waals surface area contributed by atoms with E-state index in [1.165, 1.54) is 22.6 Å². The Morgan fingerprint density at radius 3 is 1.60 bits per heavy atom. The first-order valence-electron chi connectivity index (χ1n) is 2.27. The minimum atomic E-state index is -1.15. The van der Waals surface area contributed by atoms with Gasteiger partial charge in [0.2, 0.25) is 5.43 Å². The lowest BCUT2D eigenvalue weighted by molar-refractivity contribution is 0.468. The molecule has 0 radical (unpaired) electrons. The summed E-state index contributed by atoms with van der Waals surface area (Å²) in [5.41, 5.74) is -3.17. The fourth-order valence-corrected chi connectivity index (χ4v) is 1.01. The van der Waals surface area contributed by atoms with Crippen molar-refractivity contribution < 1.29 is 5.11 Å². The van der Waals surface area contributed by atoms with Crippen LogP contribution < -0.4 is 16.3 Å². The van der Waals surface area contributed by atoms with Crippen molar-refractivity contribution in [2.45, 2.75) is 0 Å². The first-order valence-corrected chi connectivity index (χ1v) is 3.35. The first-order chi connectivity index (χ1) is 4.55. The summed E-state index contributed by atoms with van der Waals surface area (Å²) in [6.45, 7) is 0. The largest absolute Gasteiger partial charge is 0.503 e. The van der Waals surface area contributed by atoms with Crippen molar-refractivity contribution in [2.75, 3.05) is 0 Å². The van der Waals surface area contributed by atoms with Gasteiger partial charge < -0.3 is 5.11 Å². The second-order valence-electron chi connectivity index (χ2n) is 1.65. The highest BCUT2D eigenvalue weighted by atomic mass is 127. The van der Waals surface area contributed by atoms with Crippen molar-refractivity contribution in [3.8, 4) is 5.75 Å². The standard InChI is InChI=1S/C5HIO4/c6-1-2(7)4(9)5(10)3(1)8/h7H. The molecule has 1 aromatic carbocycles. The zero-order valence-corrected chi connectivity index (χ0v) is 6.71. The normalized spacial score (nSPS) is 10.1. The summed E-state index contributed by atoms with van der Waals surface area (Å²) in [7, 11) is 0. The molecule has 1 rings (SSSR count). The molecule has 1 aromatic rings. The summed E-state index contributed by atoms with van der Waals surface area (Å²) in [5, 5.41) is 8.69. The fourth-order valence-electron chi connectivity index (χ4n) is 0.518. The Hall–Kier alpha value is -0.720. The summed E-state index contributed by atoms with van der Waals surface area (Å²) >= 11 is 1.45. The van der Waals surface area contributed by atoms with Crippen molar-refractivity contribution >= 4 is 22.6 Å². The van der Waals surface area contributed by atoms with E-state index >= 15 is 0 Å². The van der Waals surface area contributed by atoms with Crippen LogP contribution in [-0.2, 0) is 0 Å². The van der Waals surface area contributed by atoms with Gasteiger partial charge in [0.25, 0.3) is 10.9 Å². The van der Waals surface area contributed by atoms with E-state index in [0.29, 0.717) is 0 Å². The summed E-state index contributed by atoms with van der Waals surface area (Å²) in [5.74, 6) is -0.726. The predicted octanol–water partition coefficient (Wildman–Crippen LogP) is -1.05. The average molecular weight is 252 g/mol. The SMILES string of the molecule is O=c1c(O)c(I)c(=O)c1=O. The van der Waals surface area contributed by atoms with Gasteiger partial charge in [-0.3, -0.25) is 14.4 Å². The molecule has 0 spiro atoms. The lowest BCUT2D eigenvalue weighted by atomic mass is 10.6. The Kier molecular flexibility index (Phi) is 1.59. The first kappa shape index (κ1) is 7.39. The van der Waals surface area contributed by atoms with E-state index < -0.39 is 22.0 Å². The van der Waals surface area contributed by atoms with Gasteiger partial charge in [0.05, 0.1) is 0 Å². The van der Waals surface area contributed by atoms with Crippen LogP contribution in [0.4, 0.5) is 0 Å². The topological polar surface area (TPSA) is 71.4 Å². The average Bonchev–Trinajstić information content (AvgIpc) is 2.07. The van der Waals surface area contributed by atoms with Crippen molar-refractivity contribution in [1.29, 1.82) is 0 Å². The lowest BCUT2D eigenvalue weighted by Gasteiger charge is -1.76. The van der Waals surface area contributed by atoms with Crippen LogP contribution in [0.3, 0.4) is 0 Å². The molecule has 0 fully saturated rings. The molecule has 1 N–H and O–H groups in total. The van der Waals surface area contributed by atoms with Crippen molar-refractivity contribution in [3.63, 3.8) is 0 Å². The zero-order chi connectivity index (χ0) is 7.89. The molecule has 0 aliphatic carbocycles. The van der Waals surface area contributed by atoms with Crippen LogP contribution in [0.15, 0.2) is 14.4 Å². The van der Waals surface area contributed by atoms with Gasteiger partial charge >= 0.3 is 0 Å². The van der Waals surface area contributed by atoms with E-state index in [1.807, 2.05) is 0 Å². The molecule has 0 unspecified atom stereocenters.